The van der Waals surface area contributed by atoms with Crippen LogP contribution in [-0.4, -0.2) is 22.2 Å². The van der Waals surface area contributed by atoms with Gasteiger partial charge in [0.15, 0.2) is 0 Å². The molecular weight excluding hydrogens is 198 g/mol. The van der Waals surface area contributed by atoms with E-state index in [0.717, 1.165) is 0 Å². The molecule has 0 saturated carbocycles. The van der Waals surface area contributed by atoms with E-state index in [9.17, 15) is 9.59 Å². The molecule has 0 radical (unpaired) electrons. The average Bonchev–Trinajstić information content (AvgIpc) is 1.61. The van der Waals surface area contributed by atoms with Crippen molar-refractivity contribution >= 4 is 11.9 Å². The van der Waals surface area contributed by atoms with E-state index in [1.807, 2.05) is 0 Å². The van der Waals surface area contributed by atoms with Crippen LogP contribution in [0.2, 0.25) is 0 Å². The largest absolute Gasteiger partial charge is 1.00 e. The SMILES string of the molecule is O=C(O)/C=C/C(=O)O.[H-].[Rb+]. The zero-order valence-electron chi connectivity index (χ0n) is 5.87. The summed E-state index contributed by atoms with van der Waals surface area (Å²) >= 11 is 0. The quantitative estimate of drug-likeness (QED) is 0.464. The minimum Gasteiger partial charge on any atom is -1.00 e. The second-order valence-corrected chi connectivity index (χ2v) is 1.01. The summed E-state index contributed by atoms with van der Waals surface area (Å²) < 4.78 is 0. The van der Waals surface area contributed by atoms with E-state index < -0.39 is 11.9 Å². The Hall–Kier alpha value is 0.485. The molecular formula is C4H5O4Rb. The van der Waals surface area contributed by atoms with E-state index in [1.165, 1.54) is 0 Å². The summed E-state index contributed by atoms with van der Waals surface area (Å²) in [6.45, 7) is 0. The van der Waals surface area contributed by atoms with Gasteiger partial charge >= 0.3 is 70.1 Å². The molecule has 0 unspecified atom stereocenters. The zero-order chi connectivity index (χ0) is 6.57. The predicted octanol–water partition coefficient (Wildman–Crippen LogP) is -3.17. The Morgan fingerprint density at radius 3 is 1.44 bits per heavy atom. The predicted molar refractivity (Wildman–Crippen MR) is 25.5 cm³/mol. The number of carboxylic acids is 2. The molecule has 9 heavy (non-hydrogen) atoms. The van der Waals surface area contributed by atoms with Gasteiger partial charge in [-0.25, -0.2) is 9.59 Å². The van der Waals surface area contributed by atoms with Gasteiger partial charge in [-0.1, -0.05) is 0 Å². The molecule has 0 fully saturated rings. The number of hydrogen-bond donors (Lipinski definition) is 2. The summed E-state index contributed by atoms with van der Waals surface area (Å²) in [5, 5.41) is 15.6. The van der Waals surface area contributed by atoms with Crippen LogP contribution in [0.1, 0.15) is 1.43 Å². The third-order valence-electron chi connectivity index (χ3n) is 0.368. The molecule has 46 valence electrons. The van der Waals surface area contributed by atoms with E-state index in [4.69, 9.17) is 10.2 Å². The molecule has 5 heteroatoms. The van der Waals surface area contributed by atoms with Gasteiger partial charge in [0.05, 0.1) is 0 Å². The first-order valence-corrected chi connectivity index (χ1v) is 1.77. The van der Waals surface area contributed by atoms with Crippen LogP contribution in [0.25, 0.3) is 0 Å². The van der Waals surface area contributed by atoms with E-state index in [1.54, 1.807) is 0 Å². The van der Waals surface area contributed by atoms with Gasteiger partial charge in [0, 0.05) is 12.2 Å². The summed E-state index contributed by atoms with van der Waals surface area (Å²) in [5.74, 6) is -2.51. The van der Waals surface area contributed by atoms with E-state index in [2.05, 4.69) is 0 Å². The molecule has 2 N–H and O–H groups in total. The van der Waals surface area contributed by atoms with Crippen molar-refractivity contribution in [1.82, 2.24) is 0 Å². The normalized spacial score (nSPS) is 8.44. The van der Waals surface area contributed by atoms with Gasteiger partial charge in [0.2, 0.25) is 0 Å². The molecule has 0 aromatic heterocycles. The maximum absolute atomic E-state index is 9.55. The van der Waals surface area contributed by atoms with Crippen LogP contribution in [0, 0.1) is 0 Å². The molecule has 0 aliphatic rings. The molecule has 4 nitrogen and oxygen atoms in total. The van der Waals surface area contributed by atoms with Crippen LogP contribution in [0.15, 0.2) is 12.2 Å². The first kappa shape index (κ1) is 12.2. The van der Waals surface area contributed by atoms with Crippen molar-refractivity contribution in [2.24, 2.45) is 0 Å². The van der Waals surface area contributed by atoms with Crippen LogP contribution >= 0.6 is 0 Å². The van der Waals surface area contributed by atoms with Gasteiger partial charge < -0.3 is 11.6 Å². The standard InChI is InChI=1S/C4H4O4.Rb.H/c5-3(6)1-2-4(7)8;;/h1-2H,(H,5,6)(H,7,8);;/q;+1;-1/b2-1+;;. The molecule has 0 saturated heterocycles. The Morgan fingerprint density at radius 2 is 1.33 bits per heavy atom. The Morgan fingerprint density at radius 1 is 1.11 bits per heavy atom. The van der Waals surface area contributed by atoms with Gasteiger partial charge in [0.1, 0.15) is 0 Å². The fraction of sp³-hybridized carbons (Fsp3) is 0. The van der Waals surface area contributed by atoms with Gasteiger partial charge in [-0.05, 0) is 0 Å². The first-order valence-electron chi connectivity index (χ1n) is 1.77. The van der Waals surface area contributed by atoms with Crippen LogP contribution < -0.4 is 58.2 Å². The van der Waals surface area contributed by atoms with Gasteiger partial charge in [-0.15, -0.1) is 0 Å². The van der Waals surface area contributed by atoms with Crippen LogP contribution in [0.5, 0.6) is 0 Å². The van der Waals surface area contributed by atoms with E-state index in [-0.39, 0.29) is 59.6 Å². The van der Waals surface area contributed by atoms with Gasteiger partial charge in [0.25, 0.3) is 0 Å². The van der Waals surface area contributed by atoms with Crippen molar-refractivity contribution < 1.29 is 79.4 Å². The van der Waals surface area contributed by atoms with Crippen LogP contribution in [0.3, 0.4) is 0 Å². The summed E-state index contributed by atoms with van der Waals surface area (Å²) in [5.41, 5.74) is 0. The summed E-state index contributed by atoms with van der Waals surface area (Å²) in [7, 11) is 0. The average molecular weight is 203 g/mol. The van der Waals surface area contributed by atoms with E-state index >= 15 is 0 Å². The molecule has 0 aliphatic heterocycles. The van der Waals surface area contributed by atoms with Crippen LogP contribution in [0.4, 0.5) is 0 Å². The molecule has 0 amide bonds. The maximum atomic E-state index is 9.55. The fourth-order valence-corrected chi connectivity index (χ4v) is 0.143. The molecule has 0 aliphatic carbocycles. The van der Waals surface area contributed by atoms with E-state index in [0.29, 0.717) is 12.2 Å². The third kappa shape index (κ3) is 11.9. The fourth-order valence-electron chi connectivity index (χ4n) is 0.143. The molecule has 0 rings (SSSR count). The molecule has 0 atom stereocenters. The smallest absolute Gasteiger partial charge is 1.00 e. The molecule has 0 bridgehead atoms. The summed E-state index contributed by atoms with van der Waals surface area (Å²) in [6, 6.07) is 0. The van der Waals surface area contributed by atoms with Crippen molar-refractivity contribution in [2.75, 3.05) is 0 Å². The number of carbonyl (C=O) groups is 2. The molecule has 0 spiro atoms. The minimum absolute atomic E-state index is 0. The second kappa shape index (κ2) is 6.60. The molecule has 0 heterocycles. The van der Waals surface area contributed by atoms with Gasteiger partial charge in [-0.2, -0.15) is 0 Å². The topological polar surface area (TPSA) is 74.6 Å². The Labute approximate surface area is 102 Å². The van der Waals surface area contributed by atoms with Crippen molar-refractivity contribution in [1.29, 1.82) is 0 Å². The van der Waals surface area contributed by atoms with Crippen LogP contribution in [-0.2, 0) is 9.59 Å². The number of rotatable bonds is 2. The third-order valence-corrected chi connectivity index (χ3v) is 0.368. The molecule has 0 aromatic carbocycles. The second-order valence-electron chi connectivity index (χ2n) is 1.01. The summed E-state index contributed by atoms with van der Waals surface area (Å²) in [4.78, 5) is 19.1. The van der Waals surface area contributed by atoms with Gasteiger partial charge in [-0.3, -0.25) is 0 Å². The number of carboxylic acid groups (broad SMARTS) is 2. The molecule has 0 aromatic rings. The van der Waals surface area contributed by atoms with Crippen molar-refractivity contribution in [2.45, 2.75) is 0 Å². The zero-order valence-corrected chi connectivity index (χ0v) is 9.78. The summed E-state index contributed by atoms with van der Waals surface area (Å²) in [6.07, 6.45) is 1.12. The van der Waals surface area contributed by atoms with Crippen molar-refractivity contribution in [3.8, 4) is 0 Å². The monoisotopic (exact) mass is 202 g/mol. The Kier molecular flexibility index (Phi) is 8.94. The number of aliphatic carboxylic acids is 2. The number of hydrogen-bond acceptors (Lipinski definition) is 2. The minimum atomic E-state index is -1.26. The van der Waals surface area contributed by atoms with Crippen molar-refractivity contribution in [3.63, 3.8) is 0 Å². The Balaban J connectivity index is -0.000000245. The van der Waals surface area contributed by atoms with Crippen molar-refractivity contribution in [3.05, 3.63) is 12.2 Å². The first-order chi connectivity index (χ1) is 3.63. The maximum Gasteiger partial charge on any atom is 1.00 e. The Bertz CT molecular complexity index is 128.